The second-order valence-corrected chi connectivity index (χ2v) is 8.09. The number of pyridine rings is 1. The first-order valence-corrected chi connectivity index (χ1v) is 10.5. The van der Waals surface area contributed by atoms with Gasteiger partial charge in [-0.15, -0.1) is 0 Å². The zero-order chi connectivity index (χ0) is 22.5. The predicted molar refractivity (Wildman–Crippen MR) is 125 cm³/mol. The molecule has 31 heavy (non-hydrogen) atoms. The summed E-state index contributed by atoms with van der Waals surface area (Å²) >= 11 is 0. The predicted octanol–water partition coefficient (Wildman–Crippen LogP) is 4.35. The van der Waals surface area contributed by atoms with Crippen LogP contribution in [0.1, 0.15) is 39.9 Å². The Bertz CT molecular complexity index is 1190. The lowest BCUT2D eigenvalue weighted by Crippen LogP contribution is -2.26. The van der Waals surface area contributed by atoms with Crippen LogP contribution in [0.4, 0.5) is 5.69 Å². The average molecular weight is 416 g/mol. The Kier molecular flexibility index (Phi) is 6.94. The molecule has 0 amide bonds. The highest BCUT2D eigenvalue weighted by Gasteiger charge is 2.17. The largest absolute Gasteiger partial charge is 0.391 e. The van der Waals surface area contributed by atoms with Crippen LogP contribution in [0.3, 0.4) is 0 Å². The molecule has 0 saturated heterocycles. The normalized spacial score (nSPS) is 11.7. The highest BCUT2D eigenvalue weighted by atomic mass is 16.3. The molecule has 0 saturated carbocycles. The second kappa shape index (κ2) is 9.63. The molecular formula is C26H29N3O2. The highest BCUT2D eigenvalue weighted by Crippen LogP contribution is 2.21. The standard InChI is InChI=1S/C26H29N3O2/c1-17-9-10-21(13-19(17)3)28-16-22(30)11-12-25-23(15-27)20(4)14-26(31)29(25)24-8-6-5-7-18(24)2/h5-10,13-14,22,28,30H,11-12,16H2,1-4H3. The van der Waals surface area contributed by atoms with Gasteiger partial charge in [0.25, 0.3) is 5.56 Å². The van der Waals surface area contributed by atoms with E-state index < -0.39 is 6.10 Å². The van der Waals surface area contributed by atoms with Gasteiger partial charge in [0.1, 0.15) is 6.07 Å². The summed E-state index contributed by atoms with van der Waals surface area (Å²) in [7, 11) is 0. The number of rotatable bonds is 7. The van der Waals surface area contributed by atoms with E-state index in [1.165, 1.54) is 17.2 Å². The Morgan fingerprint density at radius 2 is 1.74 bits per heavy atom. The number of aromatic nitrogens is 1. The molecule has 0 fully saturated rings. The van der Waals surface area contributed by atoms with E-state index in [1.807, 2.05) is 37.3 Å². The number of nitrogens with one attached hydrogen (secondary N) is 1. The summed E-state index contributed by atoms with van der Waals surface area (Å²) in [5.74, 6) is 0. The number of nitriles is 1. The van der Waals surface area contributed by atoms with E-state index in [4.69, 9.17) is 0 Å². The number of benzene rings is 2. The molecule has 1 heterocycles. The number of nitrogens with zero attached hydrogens (tertiary/aromatic N) is 2. The molecule has 2 aromatic carbocycles. The van der Waals surface area contributed by atoms with Crippen LogP contribution in [0.15, 0.2) is 53.3 Å². The van der Waals surface area contributed by atoms with Gasteiger partial charge in [0.05, 0.1) is 17.4 Å². The number of aryl methyl sites for hydroxylation is 4. The Morgan fingerprint density at radius 3 is 2.42 bits per heavy atom. The van der Waals surface area contributed by atoms with Crippen molar-refractivity contribution in [2.45, 2.75) is 46.6 Å². The number of aliphatic hydroxyl groups is 1. The van der Waals surface area contributed by atoms with Crippen LogP contribution in [-0.4, -0.2) is 22.3 Å². The molecule has 0 radical (unpaired) electrons. The van der Waals surface area contributed by atoms with Gasteiger partial charge < -0.3 is 10.4 Å². The van der Waals surface area contributed by atoms with E-state index >= 15 is 0 Å². The Balaban J connectivity index is 1.83. The van der Waals surface area contributed by atoms with Gasteiger partial charge in [0, 0.05) is 24.0 Å². The van der Waals surface area contributed by atoms with E-state index in [1.54, 1.807) is 11.5 Å². The van der Waals surface area contributed by atoms with E-state index in [0.717, 1.165) is 16.9 Å². The topological polar surface area (TPSA) is 78.1 Å². The van der Waals surface area contributed by atoms with Gasteiger partial charge in [-0.25, -0.2) is 0 Å². The van der Waals surface area contributed by atoms with Crippen LogP contribution < -0.4 is 10.9 Å². The van der Waals surface area contributed by atoms with Crippen molar-refractivity contribution in [2.24, 2.45) is 0 Å². The van der Waals surface area contributed by atoms with Gasteiger partial charge in [-0.2, -0.15) is 5.26 Å². The molecule has 1 unspecified atom stereocenters. The fourth-order valence-electron chi connectivity index (χ4n) is 3.75. The molecule has 0 aliphatic carbocycles. The molecule has 0 aliphatic rings. The van der Waals surface area contributed by atoms with Crippen LogP contribution in [-0.2, 0) is 6.42 Å². The average Bonchev–Trinajstić information content (AvgIpc) is 2.74. The van der Waals surface area contributed by atoms with Crippen molar-refractivity contribution < 1.29 is 5.11 Å². The quantitative estimate of drug-likeness (QED) is 0.601. The van der Waals surface area contributed by atoms with Crippen molar-refractivity contribution in [3.8, 4) is 11.8 Å². The molecule has 1 aromatic heterocycles. The maximum atomic E-state index is 12.9. The molecule has 5 nitrogen and oxygen atoms in total. The molecule has 5 heteroatoms. The minimum Gasteiger partial charge on any atom is -0.391 e. The number of hydrogen-bond acceptors (Lipinski definition) is 4. The molecule has 0 aliphatic heterocycles. The minimum absolute atomic E-state index is 0.163. The molecular weight excluding hydrogens is 386 g/mol. The van der Waals surface area contributed by atoms with E-state index in [-0.39, 0.29) is 5.56 Å². The third-order valence-corrected chi connectivity index (χ3v) is 5.74. The molecule has 0 bridgehead atoms. The molecule has 3 rings (SSSR count). The Labute approximate surface area is 183 Å². The lowest BCUT2D eigenvalue weighted by Gasteiger charge is -2.19. The van der Waals surface area contributed by atoms with Crippen molar-refractivity contribution in [3.05, 3.63) is 92.4 Å². The van der Waals surface area contributed by atoms with Crippen LogP contribution >= 0.6 is 0 Å². The number of hydrogen-bond donors (Lipinski definition) is 2. The highest BCUT2D eigenvalue weighted by molar-refractivity contribution is 5.49. The van der Waals surface area contributed by atoms with Gasteiger partial charge in [-0.05, 0) is 81.0 Å². The fourth-order valence-corrected chi connectivity index (χ4v) is 3.75. The van der Waals surface area contributed by atoms with Crippen LogP contribution in [0, 0.1) is 39.0 Å². The summed E-state index contributed by atoms with van der Waals surface area (Å²) < 4.78 is 1.62. The van der Waals surface area contributed by atoms with E-state index in [0.29, 0.717) is 36.2 Å². The zero-order valence-corrected chi connectivity index (χ0v) is 18.6. The van der Waals surface area contributed by atoms with Crippen LogP contribution in [0.2, 0.25) is 0 Å². The molecule has 0 spiro atoms. The molecule has 3 aromatic rings. The van der Waals surface area contributed by atoms with Gasteiger partial charge in [0.15, 0.2) is 0 Å². The molecule has 1 atom stereocenters. The zero-order valence-electron chi connectivity index (χ0n) is 18.6. The lowest BCUT2D eigenvalue weighted by molar-refractivity contribution is 0.177. The van der Waals surface area contributed by atoms with E-state index in [2.05, 4.69) is 37.4 Å². The Hall–Kier alpha value is -3.36. The summed E-state index contributed by atoms with van der Waals surface area (Å²) in [6.45, 7) is 8.24. The van der Waals surface area contributed by atoms with Crippen LogP contribution in [0.25, 0.3) is 5.69 Å². The molecule has 2 N–H and O–H groups in total. The summed E-state index contributed by atoms with van der Waals surface area (Å²) in [4.78, 5) is 12.9. The minimum atomic E-state index is -0.617. The maximum Gasteiger partial charge on any atom is 0.255 e. The van der Waals surface area contributed by atoms with Gasteiger partial charge >= 0.3 is 0 Å². The monoisotopic (exact) mass is 415 g/mol. The van der Waals surface area contributed by atoms with Crippen molar-refractivity contribution >= 4 is 5.69 Å². The smallest absolute Gasteiger partial charge is 0.255 e. The number of anilines is 1. The first-order valence-electron chi connectivity index (χ1n) is 10.5. The van der Waals surface area contributed by atoms with Crippen molar-refractivity contribution in [2.75, 3.05) is 11.9 Å². The van der Waals surface area contributed by atoms with E-state index in [9.17, 15) is 15.2 Å². The maximum absolute atomic E-state index is 12.9. The first kappa shape index (κ1) is 22.3. The fraction of sp³-hybridized carbons (Fsp3) is 0.308. The lowest BCUT2D eigenvalue weighted by atomic mass is 10.0. The van der Waals surface area contributed by atoms with Gasteiger partial charge in [0.2, 0.25) is 0 Å². The SMILES string of the molecule is Cc1ccc(NCC(O)CCc2c(C#N)c(C)cc(=O)n2-c2ccccc2C)cc1C. The number of aliphatic hydroxyl groups excluding tert-OH is 1. The van der Waals surface area contributed by atoms with Crippen LogP contribution in [0.5, 0.6) is 0 Å². The van der Waals surface area contributed by atoms with Gasteiger partial charge in [-0.3, -0.25) is 9.36 Å². The first-order chi connectivity index (χ1) is 14.8. The second-order valence-electron chi connectivity index (χ2n) is 8.09. The summed E-state index contributed by atoms with van der Waals surface area (Å²) in [6.07, 6.45) is 0.236. The summed E-state index contributed by atoms with van der Waals surface area (Å²) in [5.41, 5.74) is 6.75. The third kappa shape index (κ3) is 5.04. The van der Waals surface area contributed by atoms with Crippen molar-refractivity contribution in [1.29, 1.82) is 5.26 Å². The third-order valence-electron chi connectivity index (χ3n) is 5.74. The summed E-state index contributed by atoms with van der Waals surface area (Å²) in [5, 5.41) is 23.6. The summed E-state index contributed by atoms with van der Waals surface area (Å²) in [6, 6.07) is 17.5. The van der Waals surface area contributed by atoms with Crippen molar-refractivity contribution in [3.63, 3.8) is 0 Å². The van der Waals surface area contributed by atoms with Crippen molar-refractivity contribution in [1.82, 2.24) is 4.57 Å². The Morgan fingerprint density at radius 1 is 1.00 bits per heavy atom. The molecule has 160 valence electrons. The van der Waals surface area contributed by atoms with Gasteiger partial charge in [-0.1, -0.05) is 24.3 Å². The number of para-hydroxylation sites is 1.